The van der Waals surface area contributed by atoms with Crippen LogP contribution >= 0.6 is 23.5 Å². The second-order valence-corrected chi connectivity index (χ2v) is 13.2. The number of ether oxygens (including phenoxy) is 1. The zero-order chi connectivity index (χ0) is 25.2. The van der Waals surface area contributed by atoms with Crippen molar-refractivity contribution in [2.45, 2.75) is 95.0 Å². The molecule has 4 nitrogen and oxygen atoms in total. The van der Waals surface area contributed by atoms with Crippen molar-refractivity contribution in [3.63, 3.8) is 0 Å². The monoisotopic (exact) mass is 526 g/mol. The molecule has 196 valence electrons. The molecule has 2 aliphatic rings. The fourth-order valence-electron chi connectivity index (χ4n) is 5.25. The third-order valence-electron chi connectivity index (χ3n) is 7.63. The topological polar surface area (TPSA) is 52.1 Å². The van der Waals surface area contributed by atoms with Crippen LogP contribution in [0.5, 0.6) is 5.75 Å². The van der Waals surface area contributed by atoms with Gasteiger partial charge in [-0.2, -0.15) is 0 Å². The molecule has 0 radical (unpaired) electrons. The van der Waals surface area contributed by atoms with E-state index in [1.165, 1.54) is 76.2 Å². The first-order valence-corrected chi connectivity index (χ1v) is 16.1. The molecule has 2 fully saturated rings. The van der Waals surface area contributed by atoms with Crippen LogP contribution in [0.1, 0.15) is 96.0 Å². The second-order valence-electron chi connectivity index (χ2n) is 10.4. The van der Waals surface area contributed by atoms with Crippen molar-refractivity contribution >= 4 is 29.5 Å². The van der Waals surface area contributed by atoms with E-state index < -0.39 is 0 Å². The lowest BCUT2D eigenvalue weighted by Crippen LogP contribution is -2.29. The first-order chi connectivity index (χ1) is 17.7. The van der Waals surface area contributed by atoms with Crippen molar-refractivity contribution in [2.75, 3.05) is 11.5 Å². The van der Waals surface area contributed by atoms with Gasteiger partial charge in [0, 0.05) is 29.5 Å². The lowest BCUT2D eigenvalue weighted by molar-refractivity contribution is -0.137. The minimum atomic E-state index is -0.111. The maximum absolute atomic E-state index is 12.7. The third-order valence-corrected chi connectivity index (χ3v) is 10.9. The molecule has 0 bridgehead atoms. The van der Waals surface area contributed by atoms with Crippen molar-refractivity contribution in [1.82, 2.24) is 9.97 Å². The lowest BCUT2D eigenvalue weighted by atomic mass is 9.78. The van der Waals surface area contributed by atoms with E-state index in [0.29, 0.717) is 16.2 Å². The summed E-state index contributed by atoms with van der Waals surface area (Å²) in [4.78, 5) is 22.0. The fourth-order valence-corrected chi connectivity index (χ4v) is 8.33. The molecule has 1 saturated carbocycles. The number of hydrogen-bond acceptors (Lipinski definition) is 6. The molecule has 0 spiro atoms. The van der Waals surface area contributed by atoms with Crippen LogP contribution in [0.3, 0.4) is 0 Å². The molecule has 2 aromatic rings. The minimum Gasteiger partial charge on any atom is -0.426 e. The molecule has 1 aromatic carbocycles. The van der Waals surface area contributed by atoms with Gasteiger partial charge in [0.25, 0.3) is 0 Å². The van der Waals surface area contributed by atoms with Gasteiger partial charge in [0.1, 0.15) is 5.75 Å². The Morgan fingerprint density at radius 3 is 2.19 bits per heavy atom. The van der Waals surface area contributed by atoms with Gasteiger partial charge >= 0.3 is 5.97 Å². The van der Waals surface area contributed by atoms with Gasteiger partial charge in [-0.05, 0) is 73.8 Å². The molecular weight excluding hydrogens is 484 g/mol. The average Bonchev–Trinajstić information content (AvgIpc) is 2.93. The Labute approximate surface area is 226 Å². The highest BCUT2D eigenvalue weighted by atomic mass is 32.2. The van der Waals surface area contributed by atoms with E-state index in [-0.39, 0.29) is 11.9 Å². The van der Waals surface area contributed by atoms with Gasteiger partial charge in [-0.15, -0.1) is 23.5 Å². The minimum absolute atomic E-state index is 0.0281. The summed E-state index contributed by atoms with van der Waals surface area (Å²) in [5.41, 5.74) is 2.22. The zero-order valence-electron chi connectivity index (χ0n) is 22.0. The summed E-state index contributed by atoms with van der Waals surface area (Å²) in [6.45, 7) is 4.52. The predicted octanol–water partition coefficient (Wildman–Crippen LogP) is 8.52. The number of rotatable bonds is 11. The predicted molar refractivity (Wildman–Crippen MR) is 154 cm³/mol. The molecule has 1 saturated heterocycles. The van der Waals surface area contributed by atoms with Crippen molar-refractivity contribution in [3.05, 3.63) is 42.2 Å². The summed E-state index contributed by atoms with van der Waals surface area (Å²) in [5.74, 6) is 4.42. The van der Waals surface area contributed by atoms with Crippen LogP contribution in [0.15, 0.2) is 36.7 Å². The van der Waals surface area contributed by atoms with E-state index in [1.54, 1.807) is 0 Å². The molecule has 0 amide bonds. The summed E-state index contributed by atoms with van der Waals surface area (Å²) in [6.07, 6.45) is 18.4. The van der Waals surface area contributed by atoms with Crippen LogP contribution < -0.4 is 4.74 Å². The molecule has 0 N–H and O–H groups in total. The van der Waals surface area contributed by atoms with Crippen LogP contribution in [0, 0.1) is 11.8 Å². The number of benzene rings is 1. The smallest absolute Gasteiger partial charge is 0.316 e. The highest BCUT2D eigenvalue weighted by Crippen LogP contribution is 2.38. The molecule has 4 rings (SSSR count). The highest BCUT2D eigenvalue weighted by molar-refractivity contribution is 8.17. The first kappa shape index (κ1) is 27.5. The molecular formula is C30H42N2O2S2. The zero-order valence-corrected chi connectivity index (χ0v) is 23.6. The second kappa shape index (κ2) is 14.4. The number of nitrogens with zero attached hydrogens (tertiary/aromatic N) is 2. The molecule has 6 heteroatoms. The quantitative estimate of drug-likeness (QED) is 0.166. The van der Waals surface area contributed by atoms with Crippen LogP contribution in [0.25, 0.3) is 11.4 Å². The SMILES string of the molecule is CCCCCC1SCC(C(=O)Oc2ccc(-c3ncc(C4CCC(CCCC)CC4)cn3)cc2)CS1. The Bertz CT molecular complexity index is 919. The van der Waals surface area contributed by atoms with E-state index in [9.17, 15) is 4.79 Å². The Morgan fingerprint density at radius 1 is 0.889 bits per heavy atom. The normalized spacial score (nSPS) is 24.4. The molecule has 0 unspecified atom stereocenters. The molecule has 1 aliphatic carbocycles. The van der Waals surface area contributed by atoms with Gasteiger partial charge in [-0.3, -0.25) is 4.79 Å². The van der Waals surface area contributed by atoms with Gasteiger partial charge in [0.05, 0.1) is 10.5 Å². The number of hydrogen-bond donors (Lipinski definition) is 0. The standard InChI is InChI=1S/C30H42N2O2S2/c1-3-5-7-9-28-35-20-26(21-36-28)30(33)34-27-16-14-24(15-17-27)29-31-18-25(19-32-29)23-12-10-22(11-13-23)8-6-4-2/h14-19,22-23,26,28H,3-13,20-21H2,1-2H3. The highest BCUT2D eigenvalue weighted by Gasteiger charge is 2.28. The average molecular weight is 527 g/mol. The summed E-state index contributed by atoms with van der Waals surface area (Å²) in [7, 11) is 0. The molecule has 1 aromatic heterocycles. The van der Waals surface area contributed by atoms with Crippen LogP contribution in [0.4, 0.5) is 0 Å². The van der Waals surface area contributed by atoms with Gasteiger partial charge in [-0.25, -0.2) is 9.97 Å². The van der Waals surface area contributed by atoms with E-state index in [0.717, 1.165) is 28.8 Å². The van der Waals surface area contributed by atoms with Crippen LogP contribution in [0.2, 0.25) is 0 Å². The molecule has 36 heavy (non-hydrogen) atoms. The number of carbonyl (C=O) groups is 1. The molecule has 2 heterocycles. The number of aromatic nitrogens is 2. The van der Waals surface area contributed by atoms with Crippen molar-refractivity contribution in [1.29, 1.82) is 0 Å². The van der Waals surface area contributed by atoms with Crippen molar-refractivity contribution in [3.8, 4) is 17.1 Å². The summed E-state index contributed by atoms with van der Waals surface area (Å²) in [5, 5.41) is 0. The Balaban J connectivity index is 1.24. The van der Waals surface area contributed by atoms with Crippen LogP contribution in [-0.2, 0) is 4.79 Å². The largest absolute Gasteiger partial charge is 0.426 e. The molecule has 0 atom stereocenters. The Hall–Kier alpha value is -1.53. The maximum Gasteiger partial charge on any atom is 0.316 e. The fraction of sp³-hybridized carbons (Fsp3) is 0.633. The number of unbranched alkanes of at least 4 members (excludes halogenated alkanes) is 3. The van der Waals surface area contributed by atoms with E-state index in [4.69, 9.17) is 4.74 Å². The van der Waals surface area contributed by atoms with Crippen molar-refractivity contribution in [2.24, 2.45) is 11.8 Å². The Morgan fingerprint density at radius 2 is 1.56 bits per heavy atom. The number of carbonyl (C=O) groups excluding carboxylic acids is 1. The third kappa shape index (κ3) is 7.98. The van der Waals surface area contributed by atoms with Gasteiger partial charge in [0.2, 0.25) is 0 Å². The first-order valence-electron chi connectivity index (χ1n) is 14.0. The lowest BCUT2D eigenvalue weighted by Gasteiger charge is -2.28. The van der Waals surface area contributed by atoms with Gasteiger partial charge in [-0.1, -0.05) is 52.4 Å². The Kier molecular flexibility index (Phi) is 11.0. The van der Waals surface area contributed by atoms with E-state index in [2.05, 4.69) is 23.8 Å². The van der Waals surface area contributed by atoms with E-state index in [1.807, 2.05) is 60.2 Å². The maximum atomic E-state index is 12.7. The number of esters is 1. The summed E-state index contributed by atoms with van der Waals surface area (Å²) < 4.78 is 6.34. The van der Waals surface area contributed by atoms with E-state index >= 15 is 0 Å². The summed E-state index contributed by atoms with van der Waals surface area (Å²) >= 11 is 3.84. The van der Waals surface area contributed by atoms with Crippen molar-refractivity contribution < 1.29 is 9.53 Å². The van der Waals surface area contributed by atoms with Gasteiger partial charge in [0.15, 0.2) is 5.82 Å². The summed E-state index contributed by atoms with van der Waals surface area (Å²) in [6, 6.07) is 7.62. The number of thioether (sulfide) groups is 2. The van der Waals surface area contributed by atoms with Crippen LogP contribution in [-0.4, -0.2) is 32.0 Å². The van der Waals surface area contributed by atoms with Gasteiger partial charge < -0.3 is 4.74 Å². The molecule has 1 aliphatic heterocycles.